The van der Waals surface area contributed by atoms with Gasteiger partial charge in [-0.1, -0.05) is 6.42 Å². The molecule has 2 rings (SSSR count). The predicted molar refractivity (Wildman–Crippen MR) is 51.8 cm³/mol. The van der Waals surface area contributed by atoms with Crippen LogP contribution in [0, 0.1) is 17.2 Å². The SMILES string of the molecule is N#Cc1ccc(OCC2CCC2)nc1. The first-order chi connectivity index (χ1) is 6.88. The average Bonchev–Trinajstić information content (AvgIpc) is 2.16. The summed E-state index contributed by atoms with van der Waals surface area (Å²) in [5.41, 5.74) is 0.570. The van der Waals surface area contributed by atoms with E-state index in [-0.39, 0.29) is 0 Å². The lowest BCUT2D eigenvalue weighted by Gasteiger charge is -2.24. The lowest BCUT2D eigenvalue weighted by atomic mass is 9.86. The van der Waals surface area contributed by atoms with E-state index in [2.05, 4.69) is 4.98 Å². The Morgan fingerprint density at radius 3 is 2.86 bits per heavy atom. The summed E-state index contributed by atoms with van der Waals surface area (Å²) in [5, 5.41) is 8.56. The molecule has 0 radical (unpaired) electrons. The van der Waals surface area contributed by atoms with E-state index < -0.39 is 0 Å². The summed E-state index contributed by atoms with van der Waals surface area (Å²) in [5.74, 6) is 1.34. The molecule has 1 aromatic heterocycles. The van der Waals surface area contributed by atoms with E-state index in [9.17, 15) is 0 Å². The summed E-state index contributed by atoms with van der Waals surface area (Å²) in [6, 6.07) is 5.50. The molecule has 14 heavy (non-hydrogen) atoms. The Kier molecular flexibility index (Phi) is 2.64. The maximum Gasteiger partial charge on any atom is 0.213 e. The number of hydrogen-bond acceptors (Lipinski definition) is 3. The fourth-order valence-electron chi connectivity index (χ4n) is 1.39. The van der Waals surface area contributed by atoms with Crippen LogP contribution in [0.25, 0.3) is 0 Å². The number of hydrogen-bond donors (Lipinski definition) is 0. The van der Waals surface area contributed by atoms with Crippen molar-refractivity contribution in [2.75, 3.05) is 6.61 Å². The van der Waals surface area contributed by atoms with Crippen LogP contribution in [-0.4, -0.2) is 11.6 Å². The topological polar surface area (TPSA) is 45.9 Å². The minimum Gasteiger partial charge on any atom is -0.477 e. The van der Waals surface area contributed by atoms with Gasteiger partial charge in [-0.05, 0) is 24.8 Å². The van der Waals surface area contributed by atoms with Gasteiger partial charge in [0, 0.05) is 12.3 Å². The predicted octanol–water partition coefficient (Wildman–Crippen LogP) is 2.13. The summed E-state index contributed by atoms with van der Waals surface area (Å²) >= 11 is 0. The quantitative estimate of drug-likeness (QED) is 0.730. The molecule has 0 N–H and O–H groups in total. The molecule has 0 bridgehead atoms. The first-order valence-electron chi connectivity index (χ1n) is 4.87. The molecular weight excluding hydrogens is 176 g/mol. The third-order valence-electron chi connectivity index (χ3n) is 2.56. The third kappa shape index (κ3) is 2.02. The Labute approximate surface area is 83.3 Å². The van der Waals surface area contributed by atoms with Crippen molar-refractivity contribution in [1.29, 1.82) is 5.26 Å². The zero-order chi connectivity index (χ0) is 9.80. The summed E-state index contributed by atoms with van der Waals surface area (Å²) in [4.78, 5) is 4.04. The van der Waals surface area contributed by atoms with E-state index in [0.29, 0.717) is 17.4 Å². The molecular formula is C11H12N2O. The third-order valence-corrected chi connectivity index (χ3v) is 2.56. The van der Waals surface area contributed by atoms with Crippen molar-refractivity contribution in [3.63, 3.8) is 0 Å². The van der Waals surface area contributed by atoms with Crippen molar-refractivity contribution >= 4 is 0 Å². The molecule has 0 saturated heterocycles. The van der Waals surface area contributed by atoms with Crippen LogP contribution >= 0.6 is 0 Å². The zero-order valence-electron chi connectivity index (χ0n) is 7.94. The standard InChI is InChI=1S/C11H12N2O/c12-6-10-4-5-11(13-7-10)14-8-9-2-1-3-9/h4-5,7,9H,1-3,8H2. The zero-order valence-corrected chi connectivity index (χ0v) is 7.94. The number of ether oxygens (including phenoxy) is 1. The van der Waals surface area contributed by atoms with Crippen LogP contribution in [0.5, 0.6) is 5.88 Å². The molecule has 0 aliphatic heterocycles. The lowest BCUT2D eigenvalue weighted by Crippen LogP contribution is -2.19. The van der Waals surface area contributed by atoms with Crippen molar-refractivity contribution in [3.8, 4) is 11.9 Å². The molecule has 1 saturated carbocycles. The first kappa shape index (κ1) is 9.01. The van der Waals surface area contributed by atoms with Gasteiger partial charge in [-0.2, -0.15) is 5.26 Å². The molecule has 0 amide bonds. The van der Waals surface area contributed by atoms with Crippen LogP contribution in [0.1, 0.15) is 24.8 Å². The minimum absolute atomic E-state index is 0.570. The second kappa shape index (κ2) is 4.10. The molecule has 1 aliphatic carbocycles. The molecule has 1 heterocycles. The van der Waals surface area contributed by atoms with E-state index in [1.54, 1.807) is 12.1 Å². The fourth-order valence-corrected chi connectivity index (χ4v) is 1.39. The van der Waals surface area contributed by atoms with E-state index in [0.717, 1.165) is 6.61 Å². The van der Waals surface area contributed by atoms with Crippen molar-refractivity contribution < 1.29 is 4.74 Å². The largest absolute Gasteiger partial charge is 0.477 e. The Morgan fingerprint density at radius 2 is 2.36 bits per heavy atom. The van der Waals surface area contributed by atoms with Crippen LogP contribution in [-0.2, 0) is 0 Å². The Bertz CT molecular complexity index is 335. The summed E-state index contributed by atoms with van der Waals surface area (Å²) in [7, 11) is 0. The molecule has 0 spiro atoms. The van der Waals surface area contributed by atoms with Crippen molar-refractivity contribution in [1.82, 2.24) is 4.98 Å². The maximum absolute atomic E-state index is 8.56. The molecule has 0 unspecified atom stereocenters. The van der Waals surface area contributed by atoms with Gasteiger partial charge in [0.2, 0.25) is 5.88 Å². The first-order valence-corrected chi connectivity index (χ1v) is 4.87. The van der Waals surface area contributed by atoms with Gasteiger partial charge < -0.3 is 4.74 Å². The molecule has 1 aromatic rings. The summed E-state index contributed by atoms with van der Waals surface area (Å²) in [6.07, 6.45) is 5.41. The molecule has 72 valence electrons. The van der Waals surface area contributed by atoms with Gasteiger partial charge in [0.15, 0.2) is 0 Å². The van der Waals surface area contributed by atoms with Crippen molar-refractivity contribution in [2.24, 2.45) is 5.92 Å². The number of pyridine rings is 1. The van der Waals surface area contributed by atoms with E-state index in [4.69, 9.17) is 10.00 Å². The Hall–Kier alpha value is -1.56. The smallest absolute Gasteiger partial charge is 0.213 e. The molecule has 1 fully saturated rings. The Morgan fingerprint density at radius 1 is 1.50 bits per heavy atom. The van der Waals surface area contributed by atoms with Gasteiger partial charge in [-0.15, -0.1) is 0 Å². The normalized spacial score (nSPS) is 15.6. The van der Waals surface area contributed by atoms with Crippen LogP contribution in [0.4, 0.5) is 0 Å². The van der Waals surface area contributed by atoms with Gasteiger partial charge in [-0.25, -0.2) is 4.98 Å². The number of rotatable bonds is 3. The number of aromatic nitrogens is 1. The summed E-state index contributed by atoms with van der Waals surface area (Å²) in [6.45, 7) is 0.763. The van der Waals surface area contributed by atoms with Gasteiger partial charge in [0.25, 0.3) is 0 Å². The molecule has 1 aliphatic rings. The van der Waals surface area contributed by atoms with Gasteiger partial charge in [0.05, 0.1) is 12.2 Å². The van der Waals surface area contributed by atoms with E-state index >= 15 is 0 Å². The lowest BCUT2D eigenvalue weighted by molar-refractivity contribution is 0.175. The van der Waals surface area contributed by atoms with Gasteiger partial charge >= 0.3 is 0 Å². The average molecular weight is 188 g/mol. The van der Waals surface area contributed by atoms with Gasteiger partial charge in [0.1, 0.15) is 6.07 Å². The van der Waals surface area contributed by atoms with Crippen LogP contribution < -0.4 is 4.74 Å². The highest BCUT2D eigenvalue weighted by atomic mass is 16.5. The minimum atomic E-state index is 0.570. The Balaban J connectivity index is 1.86. The highest BCUT2D eigenvalue weighted by Gasteiger charge is 2.17. The molecule has 0 atom stereocenters. The maximum atomic E-state index is 8.56. The highest BCUT2D eigenvalue weighted by Crippen LogP contribution is 2.26. The number of nitriles is 1. The van der Waals surface area contributed by atoms with Gasteiger partial charge in [-0.3, -0.25) is 0 Å². The van der Waals surface area contributed by atoms with E-state index in [1.807, 2.05) is 6.07 Å². The van der Waals surface area contributed by atoms with Crippen LogP contribution in [0.2, 0.25) is 0 Å². The number of nitrogens with zero attached hydrogens (tertiary/aromatic N) is 2. The highest BCUT2D eigenvalue weighted by molar-refractivity contribution is 5.28. The molecule has 3 heteroatoms. The van der Waals surface area contributed by atoms with Crippen LogP contribution in [0.3, 0.4) is 0 Å². The molecule has 3 nitrogen and oxygen atoms in total. The fraction of sp³-hybridized carbons (Fsp3) is 0.455. The molecule has 0 aromatic carbocycles. The summed E-state index contributed by atoms with van der Waals surface area (Å²) < 4.78 is 5.49. The van der Waals surface area contributed by atoms with E-state index in [1.165, 1.54) is 25.5 Å². The van der Waals surface area contributed by atoms with Crippen LogP contribution in [0.15, 0.2) is 18.3 Å². The van der Waals surface area contributed by atoms with Crippen molar-refractivity contribution in [3.05, 3.63) is 23.9 Å². The monoisotopic (exact) mass is 188 g/mol. The van der Waals surface area contributed by atoms with Crippen molar-refractivity contribution in [2.45, 2.75) is 19.3 Å². The second-order valence-electron chi connectivity index (χ2n) is 3.60. The second-order valence-corrected chi connectivity index (χ2v) is 3.60.